The smallest absolute Gasteiger partial charge is 0.0261 e. The predicted octanol–water partition coefficient (Wildman–Crippen LogP) is 2.40. The Morgan fingerprint density at radius 3 is 2.52 bits per heavy atom. The zero-order chi connectivity index (χ0) is 17.1. The van der Waals surface area contributed by atoms with Gasteiger partial charge in [0.15, 0.2) is 0 Å². The van der Waals surface area contributed by atoms with Gasteiger partial charge in [-0.15, -0.1) is 0 Å². The number of rotatable bonds is 5. The van der Waals surface area contributed by atoms with Crippen molar-refractivity contribution in [1.82, 2.24) is 20.0 Å². The van der Waals surface area contributed by atoms with Crippen molar-refractivity contribution >= 4 is 0 Å². The summed E-state index contributed by atoms with van der Waals surface area (Å²) in [6, 6.07) is 2.46. The minimum absolute atomic E-state index is 0.752. The summed E-state index contributed by atoms with van der Waals surface area (Å²) in [7, 11) is 2.43. The SMILES string of the molecule is CN(C1CCCCC1)C1CNCCC1CN1CCC(N2CCCC2)C1. The highest BCUT2D eigenvalue weighted by Gasteiger charge is 2.36. The Kier molecular flexibility index (Phi) is 6.33. The number of likely N-dealkylation sites (tertiary alicyclic amines) is 2. The maximum Gasteiger partial charge on any atom is 0.0261 e. The molecule has 3 unspecified atom stereocenters. The van der Waals surface area contributed by atoms with Crippen molar-refractivity contribution in [3.8, 4) is 0 Å². The van der Waals surface area contributed by atoms with E-state index >= 15 is 0 Å². The van der Waals surface area contributed by atoms with E-state index in [1.54, 1.807) is 0 Å². The molecule has 1 N–H and O–H groups in total. The van der Waals surface area contributed by atoms with E-state index in [0.29, 0.717) is 0 Å². The van der Waals surface area contributed by atoms with Crippen LogP contribution in [-0.4, -0.2) is 85.7 Å². The van der Waals surface area contributed by atoms with Crippen LogP contribution in [0.4, 0.5) is 0 Å². The average molecular weight is 349 g/mol. The highest BCUT2D eigenvalue weighted by Crippen LogP contribution is 2.29. The Morgan fingerprint density at radius 1 is 0.920 bits per heavy atom. The zero-order valence-corrected chi connectivity index (χ0v) is 16.5. The first-order valence-corrected chi connectivity index (χ1v) is 11.2. The molecule has 0 aromatic heterocycles. The maximum atomic E-state index is 3.69. The lowest BCUT2D eigenvalue weighted by molar-refractivity contribution is 0.0632. The lowest BCUT2D eigenvalue weighted by Crippen LogP contribution is -2.55. The molecule has 0 bridgehead atoms. The summed E-state index contributed by atoms with van der Waals surface area (Å²) in [5, 5.41) is 3.69. The van der Waals surface area contributed by atoms with Crippen LogP contribution in [0, 0.1) is 5.92 Å². The summed E-state index contributed by atoms with van der Waals surface area (Å²) in [5.41, 5.74) is 0. The maximum absolute atomic E-state index is 3.69. The third kappa shape index (κ3) is 4.40. The number of piperidine rings is 1. The van der Waals surface area contributed by atoms with E-state index in [1.165, 1.54) is 104 Å². The molecule has 4 rings (SSSR count). The minimum Gasteiger partial charge on any atom is -0.315 e. The molecule has 3 atom stereocenters. The van der Waals surface area contributed by atoms with Crippen LogP contribution >= 0.6 is 0 Å². The molecule has 144 valence electrons. The summed E-state index contributed by atoms with van der Waals surface area (Å²) in [5.74, 6) is 0.866. The number of nitrogens with zero attached hydrogens (tertiary/aromatic N) is 3. The summed E-state index contributed by atoms with van der Waals surface area (Å²) in [6.07, 6.45) is 12.9. The summed E-state index contributed by atoms with van der Waals surface area (Å²) >= 11 is 0. The molecule has 1 aliphatic carbocycles. The van der Waals surface area contributed by atoms with Crippen LogP contribution in [0.15, 0.2) is 0 Å². The molecular weight excluding hydrogens is 308 g/mol. The van der Waals surface area contributed by atoms with Gasteiger partial charge in [0, 0.05) is 37.8 Å². The molecule has 0 aromatic carbocycles. The van der Waals surface area contributed by atoms with Crippen molar-refractivity contribution in [3.63, 3.8) is 0 Å². The molecular formula is C21H40N4. The fourth-order valence-corrected chi connectivity index (χ4v) is 6.06. The molecule has 0 aromatic rings. The van der Waals surface area contributed by atoms with Gasteiger partial charge in [-0.3, -0.25) is 9.80 Å². The second-order valence-electron chi connectivity index (χ2n) is 9.22. The Balaban J connectivity index is 1.31. The predicted molar refractivity (Wildman–Crippen MR) is 105 cm³/mol. The first-order valence-electron chi connectivity index (χ1n) is 11.2. The second-order valence-corrected chi connectivity index (χ2v) is 9.22. The minimum atomic E-state index is 0.752. The van der Waals surface area contributed by atoms with E-state index in [-0.39, 0.29) is 0 Å². The Hall–Kier alpha value is -0.160. The Bertz CT molecular complexity index is 403. The highest BCUT2D eigenvalue weighted by molar-refractivity contribution is 4.92. The summed E-state index contributed by atoms with van der Waals surface area (Å²) in [4.78, 5) is 8.36. The van der Waals surface area contributed by atoms with Gasteiger partial charge >= 0.3 is 0 Å². The van der Waals surface area contributed by atoms with Crippen LogP contribution in [0.2, 0.25) is 0 Å². The van der Waals surface area contributed by atoms with Gasteiger partial charge in [-0.25, -0.2) is 0 Å². The quantitative estimate of drug-likeness (QED) is 0.823. The number of hydrogen-bond acceptors (Lipinski definition) is 4. The topological polar surface area (TPSA) is 21.8 Å². The van der Waals surface area contributed by atoms with Crippen molar-refractivity contribution in [2.75, 3.05) is 52.9 Å². The third-order valence-electron chi connectivity index (χ3n) is 7.66. The average Bonchev–Trinajstić information content (AvgIpc) is 3.34. The molecule has 4 aliphatic rings. The van der Waals surface area contributed by atoms with Gasteiger partial charge in [-0.2, -0.15) is 0 Å². The van der Waals surface area contributed by atoms with Gasteiger partial charge in [0.2, 0.25) is 0 Å². The van der Waals surface area contributed by atoms with Crippen LogP contribution < -0.4 is 5.32 Å². The first-order chi connectivity index (χ1) is 12.3. The van der Waals surface area contributed by atoms with Gasteiger partial charge in [-0.1, -0.05) is 19.3 Å². The molecule has 0 amide bonds. The Morgan fingerprint density at radius 2 is 1.72 bits per heavy atom. The van der Waals surface area contributed by atoms with Crippen LogP contribution in [0.1, 0.15) is 57.8 Å². The fraction of sp³-hybridized carbons (Fsp3) is 1.00. The summed E-state index contributed by atoms with van der Waals surface area (Å²) < 4.78 is 0. The van der Waals surface area contributed by atoms with Crippen molar-refractivity contribution in [3.05, 3.63) is 0 Å². The van der Waals surface area contributed by atoms with Gasteiger partial charge in [0.25, 0.3) is 0 Å². The van der Waals surface area contributed by atoms with Crippen LogP contribution in [0.5, 0.6) is 0 Å². The van der Waals surface area contributed by atoms with E-state index < -0.39 is 0 Å². The van der Waals surface area contributed by atoms with Crippen molar-refractivity contribution in [2.24, 2.45) is 5.92 Å². The van der Waals surface area contributed by atoms with E-state index in [2.05, 4.69) is 27.1 Å². The molecule has 3 aliphatic heterocycles. The van der Waals surface area contributed by atoms with Crippen molar-refractivity contribution in [1.29, 1.82) is 0 Å². The Labute approximate surface area is 155 Å². The summed E-state index contributed by atoms with van der Waals surface area (Å²) in [6.45, 7) is 9.17. The van der Waals surface area contributed by atoms with Gasteiger partial charge in [-0.05, 0) is 77.7 Å². The molecule has 3 saturated heterocycles. The van der Waals surface area contributed by atoms with E-state index in [0.717, 1.165) is 24.0 Å². The zero-order valence-electron chi connectivity index (χ0n) is 16.5. The third-order valence-corrected chi connectivity index (χ3v) is 7.66. The van der Waals surface area contributed by atoms with Crippen LogP contribution in [0.3, 0.4) is 0 Å². The number of likely N-dealkylation sites (N-methyl/N-ethyl adjacent to an activating group) is 1. The monoisotopic (exact) mass is 348 g/mol. The molecule has 1 saturated carbocycles. The normalized spacial score (nSPS) is 36.5. The number of nitrogens with one attached hydrogen (secondary N) is 1. The standard InChI is InChI=1S/C21H40N4/c1-23(19-7-3-2-4-8-19)21-15-22-11-9-18(21)16-24-14-10-20(17-24)25-12-5-6-13-25/h18-22H,2-17H2,1H3. The number of hydrogen-bond donors (Lipinski definition) is 1. The highest BCUT2D eigenvalue weighted by atomic mass is 15.3. The van der Waals surface area contributed by atoms with Gasteiger partial charge in [0.1, 0.15) is 0 Å². The first kappa shape index (κ1) is 18.2. The van der Waals surface area contributed by atoms with Crippen LogP contribution in [0.25, 0.3) is 0 Å². The van der Waals surface area contributed by atoms with Gasteiger partial charge < -0.3 is 10.2 Å². The molecule has 3 heterocycles. The largest absolute Gasteiger partial charge is 0.315 e. The molecule has 4 nitrogen and oxygen atoms in total. The van der Waals surface area contributed by atoms with E-state index in [9.17, 15) is 0 Å². The fourth-order valence-electron chi connectivity index (χ4n) is 6.06. The van der Waals surface area contributed by atoms with Gasteiger partial charge in [0.05, 0.1) is 0 Å². The molecule has 0 spiro atoms. The van der Waals surface area contributed by atoms with E-state index in [1.807, 2.05) is 0 Å². The lowest BCUT2D eigenvalue weighted by atomic mass is 9.87. The molecule has 4 fully saturated rings. The van der Waals surface area contributed by atoms with Crippen LogP contribution in [-0.2, 0) is 0 Å². The lowest BCUT2D eigenvalue weighted by Gasteiger charge is -2.44. The molecule has 25 heavy (non-hydrogen) atoms. The van der Waals surface area contributed by atoms with Crippen molar-refractivity contribution < 1.29 is 0 Å². The van der Waals surface area contributed by atoms with E-state index in [4.69, 9.17) is 0 Å². The molecule has 4 heteroatoms. The second kappa shape index (κ2) is 8.69. The molecule has 0 radical (unpaired) electrons. The van der Waals surface area contributed by atoms with Crippen molar-refractivity contribution in [2.45, 2.75) is 75.9 Å².